The topological polar surface area (TPSA) is 86.6 Å². The molecule has 0 fully saturated rings. The second-order valence-electron chi connectivity index (χ2n) is 13.7. The highest BCUT2D eigenvalue weighted by atomic mass is 14.6. The maximum atomic E-state index is 9.26. The van der Waals surface area contributed by atoms with Gasteiger partial charge in [-0.05, 0) is 109 Å². The Balaban J connectivity index is 0.000000296. The summed E-state index contributed by atoms with van der Waals surface area (Å²) in [5.74, 6) is 0. The van der Waals surface area contributed by atoms with Crippen LogP contribution in [0.1, 0.15) is 11.1 Å². The summed E-state index contributed by atoms with van der Waals surface area (Å²) in [6.45, 7) is 0. The van der Waals surface area contributed by atoms with Crippen LogP contribution in [-0.4, -0.2) is 16.4 Å². The standard InChI is InChI=1S/C42H30N2.C11H10N2/c43-39-28-33(40-34(29-15-5-1-6-16-29)23-13-24-35(40)30-17-7-2-8-18-30)27-38(42(39)44)41-36(31-19-9-3-10-20-31)25-14-26-37(41)32-21-11-4-12-22-32;12-11-3-1-2-10(8-11)9-4-6-13-7-5-9/h1-28,43-44H;1-8H,12H2. The summed E-state index contributed by atoms with van der Waals surface area (Å²) in [7, 11) is 0. The lowest BCUT2D eigenvalue weighted by Crippen LogP contribution is -2.17. The van der Waals surface area contributed by atoms with Gasteiger partial charge in [0.15, 0.2) is 0 Å². The Bertz CT molecular complexity index is 2620. The Hall–Kier alpha value is -7.69. The monoisotopic (exact) mass is 732 g/mol. The zero-order valence-corrected chi connectivity index (χ0v) is 31.3. The number of nitrogens with zero attached hydrogens (tertiary/aromatic N) is 1. The molecule has 1 heterocycles. The second-order valence-corrected chi connectivity index (χ2v) is 13.7. The first-order valence-electron chi connectivity index (χ1n) is 18.9. The van der Waals surface area contributed by atoms with Crippen molar-refractivity contribution < 1.29 is 0 Å². The Morgan fingerprint density at radius 3 is 1.21 bits per heavy atom. The van der Waals surface area contributed by atoms with Gasteiger partial charge in [0, 0.05) is 23.7 Å². The molecule has 4 nitrogen and oxygen atoms in total. The zero-order chi connectivity index (χ0) is 39.0. The molecule has 1 aliphatic rings. The van der Waals surface area contributed by atoms with Crippen LogP contribution in [0.3, 0.4) is 0 Å². The van der Waals surface area contributed by atoms with Gasteiger partial charge in [-0.3, -0.25) is 15.8 Å². The molecular formula is C53H40N4. The minimum Gasteiger partial charge on any atom is -0.399 e. The molecular weight excluding hydrogens is 693 g/mol. The Labute approximate surface area is 334 Å². The van der Waals surface area contributed by atoms with E-state index in [1.165, 1.54) is 0 Å². The smallest absolute Gasteiger partial charge is 0.0868 e. The number of nitrogen functional groups attached to an aromatic ring is 1. The molecule has 0 unspecified atom stereocenters. The number of pyridine rings is 1. The van der Waals surface area contributed by atoms with Crippen molar-refractivity contribution in [3.8, 4) is 55.6 Å². The Morgan fingerprint density at radius 2 is 0.772 bits per heavy atom. The predicted molar refractivity (Wildman–Crippen MR) is 240 cm³/mol. The van der Waals surface area contributed by atoms with E-state index in [0.29, 0.717) is 0 Å². The molecule has 0 amide bonds. The van der Waals surface area contributed by atoms with Crippen LogP contribution in [0.2, 0.25) is 0 Å². The average Bonchev–Trinajstić information content (AvgIpc) is 3.28. The molecule has 0 saturated carbocycles. The van der Waals surface area contributed by atoms with Crippen molar-refractivity contribution >= 4 is 28.3 Å². The lowest BCUT2D eigenvalue weighted by Gasteiger charge is -2.24. The van der Waals surface area contributed by atoms with Gasteiger partial charge in [0.25, 0.3) is 0 Å². The average molecular weight is 733 g/mol. The van der Waals surface area contributed by atoms with Gasteiger partial charge in [-0.15, -0.1) is 0 Å². The summed E-state index contributed by atoms with van der Waals surface area (Å²) in [4.78, 5) is 3.96. The summed E-state index contributed by atoms with van der Waals surface area (Å²) < 4.78 is 0. The molecule has 0 aliphatic heterocycles. The fourth-order valence-corrected chi connectivity index (χ4v) is 7.39. The molecule has 272 valence electrons. The third-order valence-electron chi connectivity index (χ3n) is 10.1. The number of aromatic nitrogens is 1. The largest absolute Gasteiger partial charge is 0.399 e. The molecule has 7 aromatic carbocycles. The predicted octanol–water partition coefficient (Wildman–Crippen LogP) is 13.2. The quantitative estimate of drug-likeness (QED) is 0.113. The Morgan fingerprint density at radius 1 is 0.368 bits per heavy atom. The lowest BCUT2D eigenvalue weighted by atomic mass is 9.79. The van der Waals surface area contributed by atoms with Gasteiger partial charge < -0.3 is 5.73 Å². The number of nitrogens with one attached hydrogen (secondary N) is 2. The van der Waals surface area contributed by atoms with Gasteiger partial charge in [-0.25, -0.2) is 0 Å². The van der Waals surface area contributed by atoms with Crippen molar-refractivity contribution in [2.45, 2.75) is 0 Å². The van der Waals surface area contributed by atoms with Gasteiger partial charge in [0.05, 0.1) is 11.4 Å². The van der Waals surface area contributed by atoms with E-state index in [-0.39, 0.29) is 11.4 Å². The van der Waals surface area contributed by atoms with Crippen LogP contribution in [0.15, 0.2) is 219 Å². The van der Waals surface area contributed by atoms with E-state index in [9.17, 15) is 5.41 Å². The number of nitrogens with two attached hydrogens (primary N) is 1. The highest BCUT2D eigenvalue weighted by Gasteiger charge is 2.26. The van der Waals surface area contributed by atoms with E-state index in [1.807, 2.05) is 91.0 Å². The van der Waals surface area contributed by atoms with Crippen molar-refractivity contribution in [3.63, 3.8) is 0 Å². The molecule has 0 radical (unpaired) electrons. The van der Waals surface area contributed by atoms with Crippen LogP contribution in [0.4, 0.5) is 5.69 Å². The fraction of sp³-hybridized carbons (Fsp3) is 0. The van der Waals surface area contributed by atoms with Gasteiger partial charge in [-0.2, -0.15) is 0 Å². The summed E-state index contributed by atoms with van der Waals surface area (Å²) in [6, 6.07) is 66.0. The van der Waals surface area contributed by atoms with E-state index in [2.05, 4.69) is 120 Å². The van der Waals surface area contributed by atoms with E-state index in [0.717, 1.165) is 83.6 Å². The van der Waals surface area contributed by atoms with Crippen LogP contribution in [0.5, 0.6) is 0 Å². The number of hydrogen-bond donors (Lipinski definition) is 3. The number of anilines is 1. The lowest BCUT2D eigenvalue weighted by molar-refractivity contribution is 1.33. The van der Waals surface area contributed by atoms with E-state index < -0.39 is 0 Å². The first-order chi connectivity index (χ1) is 28.0. The first-order valence-corrected chi connectivity index (χ1v) is 18.9. The number of benzene rings is 7. The van der Waals surface area contributed by atoms with Crippen LogP contribution < -0.4 is 5.73 Å². The van der Waals surface area contributed by atoms with E-state index in [1.54, 1.807) is 12.4 Å². The third kappa shape index (κ3) is 7.93. The minimum absolute atomic E-state index is 0.196. The van der Waals surface area contributed by atoms with Crippen molar-refractivity contribution in [1.29, 1.82) is 10.8 Å². The summed E-state index contributed by atoms with van der Waals surface area (Å²) in [5.41, 5.74) is 21.5. The molecule has 4 N–H and O–H groups in total. The molecule has 9 rings (SSSR count). The third-order valence-corrected chi connectivity index (χ3v) is 10.1. The zero-order valence-electron chi connectivity index (χ0n) is 31.3. The second kappa shape index (κ2) is 16.8. The van der Waals surface area contributed by atoms with Gasteiger partial charge in [0.2, 0.25) is 0 Å². The number of rotatable bonds is 7. The normalized spacial score (nSPS) is 12.2. The molecule has 1 aliphatic carbocycles. The number of allylic oxidation sites excluding steroid dienone is 4. The van der Waals surface area contributed by atoms with E-state index in [4.69, 9.17) is 11.1 Å². The fourth-order valence-electron chi connectivity index (χ4n) is 7.39. The van der Waals surface area contributed by atoms with Gasteiger partial charge >= 0.3 is 0 Å². The van der Waals surface area contributed by atoms with Crippen LogP contribution in [-0.2, 0) is 0 Å². The van der Waals surface area contributed by atoms with Gasteiger partial charge in [0.1, 0.15) is 0 Å². The molecule has 4 heteroatoms. The summed E-state index contributed by atoms with van der Waals surface area (Å²) >= 11 is 0. The molecule has 0 spiro atoms. The highest BCUT2D eigenvalue weighted by Crippen LogP contribution is 2.44. The molecule has 8 aromatic rings. The SMILES string of the molecule is N=C1C=C(c2c(-c3ccccc3)cccc2-c2ccccc2)C=C(c2c(-c3ccccc3)cccc2-c2ccccc2)C1=N.Nc1cccc(-c2ccncc2)c1. The minimum atomic E-state index is 0.196. The molecule has 0 saturated heterocycles. The molecule has 1 aromatic heterocycles. The maximum absolute atomic E-state index is 9.26. The van der Waals surface area contributed by atoms with E-state index >= 15 is 0 Å². The summed E-state index contributed by atoms with van der Waals surface area (Å²) in [5, 5.41) is 18.4. The van der Waals surface area contributed by atoms with Crippen LogP contribution in [0, 0.1) is 10.8 Å². The van der Waals surface area contributed by atoms with Crippen molar-refractivity contribution in [2.24, 2.45) is 0 Å². The summed E-state index contributed by atoms with van der Waals surface area (Å²) in [6.07, 6.45) is 7.53. The maximum Gasteiger partial charge on any atom is 0.0868 e. The van der Waals surface area contributed by atoms with Gasteiger partial charge in [-0.1, -0.05) is 170 Å². The number of hydrogen-bond acceptors (Lipinski definition) is 4. The van der Waals surface area contributed by atoms with Crippen molar-refractivity contribution in [3.05, 3.63) is 230 Å². The van der Waals surface area contributed by atoms with Crippen molar-refractivity contribution in [1.82, 2.24) is 4.98 Å². The molecule has 57 heavy (non-hydrogen) atoms. The molecule has 0 bridgehead atoms. The highest BCUT2D eigenvalue weighted by molar-refractivity contribution is 6.62. The van der Waals surface area contributed by atoms with Crippen LogP contribution in [0.25, 0.3) is 66.8 Å². The Kier molecular flexibility index (Phi) is 10.7. The first kappa shape index (κ1) is 36.3. The van der Waals surface area contributed by atoms with Crippen molar-refractivity contribution in [2.75, 3.05) is 5.73 Å². The van der Waals surface area contributed by atoms with Crippen LogP contribution >= 0.6 is 0 Å². The molecule has 0 atom stereocenters.